The van der Waals surface area contributed by atoms with Gasteiger partial charge in [-0.25, -0.2) is 10.2 Å². The van der Waals surface area contributed by atoms with E-state index in [0.29, 0.717) is 27.5 Å². The molecule has 0 atom stereocenters. The Bertz CT molecular complexity index is 1130. The molecule has 0 saturated heterocycles. The van der Waals surface area contributed by atoms with Crippen LogP contribution in [0.5, 0.6) is 5.75 Å². The van der Waals surface area contributed by atoms with E-state index in [2.05, 4.69) is 15.8 Å². The number of amides is 2. The van der Waals surface area contributed by atoms with E-state index in [0.717, 1.165) is 5.56 Å². The van der Waals surface area contributed by atoms with Crippen LogP contribution >= 0.6 is 11.6 Å². The number of carbonyl (C=O) groups is 3. The molecule has 162 valence electrons. The van der Waals surface area contributed by atoms with E-state index in [9.17, 15) is 14.4 Å². The summed E-state index contributed by atoms with van der Waals surface area (Å²) < 4.78 is 5.30. The highest BCUT2D eigenvalue weighted by atomic mass is 35.5. The van der Waals surface area contributed by atoms with Gasteiger partial charge in [-0.2, -0.15) is 5.10 Å². The maximum absolute atomic E-state index is 12.1. The number of ether oxygens (including phenoxy) is 1. The molecule has 0 radical (unpaired) electrons. The summed E-state index contributed by atoms with van der Waals surface area (Å²) in [6.45, 7) is 1.72. The highest BCUT2D eigenvalue weighted by molar-refractivity contribution is 6.30. The standard InChI is InChI=1S/C24H20ClN3O4/c1-16-2-6-18(7-3-16)23(30)26-15-22(29)28-27-14-17-4-12-21(13-5-17)32-24(31)19-8-10-20(25)11-9-19/h2-14H,15H2,1H3,(H,26,30)(H,28,29)/b27-14-. The second-order valence-corrected chi connectivity index (χ2v) is 7.24. The van der Waals surface area contributed by atoms with Crippen molar-refractivity contribution in [3.05, 3.63) is 100 Å². The van der Waals surface area contributed by atoms with Gasteiger partial charge in [0.25, 0.3) is 11.8 Å². The molecule has 2 amide bonds. The van der Waals surface area contributed by atoms with Crippen LogP contribution < -0.4 is 15.5 Å². The second kappa shape index (κ2) is 10.9. The van der Waals surface area contributed by atoms with Gasteiger partial charge in [0.2, 0.25) is 0 Å². The molecule has 3 aromatic carbocycles. The zero-order valence-electron chi connectivity index (χ0n) is 17.2. The molecular formula is C24H20ClN3O4. The van der Waals surface area contributed by atoms with Crippen molar-refractivity contribution in [1.82, 2.24) is 10.7 Å². The van der Waals surface area contributed by atoms with Crippen LogP contribution in [0.1, 0.15) is 31.8 Å². The number of halogens is 1. The van der Waals surface area contributed by atoms with Crippen LogP contribution in [0.3, 0.4) is 0 Å². The van der Waals surface area contributed by atoms with Crippen molar-refractivity contribution in [3.8, 4) is 5.75 Å². The van der Waals surface area contributed by atoms with Crippen LogP contribution in [-0.4, -0.2) is 30.5 Å². The van der Waals surface area contributed by atoms with Crippen LogP contribution in [0.15, 0.2) is 77.9 Å². The van der Waals surface area contributed by atoms with Gasteiger partial charge in [0.05, 0.1) is 18.3 Å². The number of benzene rings is 3. The lowest BCUT2D eigenvalue weighted by molar-refractivity contribution is -0.120. The normalized spacial score (nSPS) is 10.6. The third-order valence-corrected chi connectivity index (χ3v) is 4.55. The minimum Gasteiger partial charge on any atom is -0.423 e. The molecule has 0 heterocycles. The van der Waals surface area contributed by atoms with Crippen LogP contribution in [0, 0.1) is 6.92 Å². The third kappa shape index (κ3) is 6.78. The predicted molar refractivity (Wildman–Crippen MR) is 122 cm³/mol. The second-order valence-electron chi connectivity index (χ2n) is 6.81. The molecule has 0 bridgehead atoms. The highest BCUT2D eigenvalue weighted by Crippen LogP contribution is 2.15. The fourth-order valence-corrected chi connectivity index (χ4v) is 2.69. The first-order valence-electron chi connectivity index (χ1n) is 9.65. The molecule has 0 spiro atoms. The summed E-state index contributed by atoms with van der Waals surface area (Å²) in [4.78, 5) is 36.0. The van der Waals surface area contributed by atoms with E-state index in [1.165, 1.54) is 6.21 Å². The summed E-state index contributed by atoms with van der Waals surface area (Å²) in [6.07, 6.45) is 1.44. The zero-order chi connectivity index (χ0) is 22.9. The van der Waals surface area contributed by atoms with Gasteiger partial charge in [-0.15, -0.1) is 0 Å². The average Bonchev–Trinajstić information content (AvgIpc) is 2.79. The van der Waals surface area contributed by atoms with Crippen molar-refractivity contribution < 1.29 is 19.1 Å². The molecule has 3 rings (SSSR count). The lowest BCUT2D eigenvalue weighted by atomic mass is 10.1. The minimum atomic E-state index is -0.497. The van der Waals surface area contributed by atoms with Gasteiger partial charge in [-0.1, -0.05) is 29.3 Å². The SMILES string of the molecule is Cc1ccc(C(=O)NCC(=O)N/N=C\c2ccc(OC(=O)c3ccc(Cl)cc3)cc2)cc1. The molecule has 0 unspecified atom stereocenters. The molecule has 8 heteroatoms. The lowest BCUT2D eigenvalue weighted by Gasteiger charge is -2.05. The monoisotopic (exact) mass is 449 g/mol. The highest BCUT2D eigenvalue weighted by Gasteiger charge is 2.09. The third-order valence-electron chi connectivity index (χ3n) is 4.30. The van der Waals surface area contributed by atoms with E-state index < -0.39 is 11.9 Å². The number of aryl methyl sites for hydroxylation is 1. The molecule has 0 saturated carbocycles. The van der Waals surface area contributed by atoms with Crippen molar-refractivity contribution in [1.29, 1.82) is 0 Å². The first-order chi connectivity index (χ1) is 15.4. The average molecular weight is 450 g/mol. The molecule has 7 nitrogen and oxygen atoms in total. The number of hydrazone groups is 1. The van der Waals surface area contributed by atoms with E-state index in [-0.39, 0.29) is 12.5 Å². The number of esters is 1. The first-order valence-corrected chi connectivity index (χ1v) is 10.0. The fourth-order valence-electron chi connectivity index (χ4n) is 2.56. The number of carbonyl (C=O) groups excluding carboxylic acids is 3. The molecule has 32 heavy (non-hydrogen) atoms. The van der Waals surface area contributed by atoms with Crippen molar-refractivity contribution in [2.45, 2.75) is 6.92 Å². The molecule has 0 aromatic heterocycles. The first kappa shape index (κ1) is 22.7. The maximum atomic E-state index is 12.1. The predicted octanol–water partition coefficient (Wildman–Crippen LogP) is 3.75. The van der Waals surface area contributed by atoms with Gasteiger partial charge in [0.15, 0.2) is 0 Å². The number of rotatable bonds is 7. The van der Waals surface area contributed by atoms with Crippen molar-refractivity contribution >= 4 is 35.6 Å². The van der Waals surface area contributed by atoms with Crippen LogP contribution in [0.4, 0.5) is 0 Å². The van der Waals surface area contributed by atoms with Gasteiger partial charge >= 0.3 is 5.97 Å². The Morgan fingerprint density at radius 2 is 1.53 bits per heavy atom. The Balaban J connectivity index is 1.44. The Morgan fingerprint density at radius 3 is 2.19 bits per heavy atom. The molecule has 0 aliphatic heterocycles. The number of hydrogen-bond acceptors (Lipinski definition) is 5. The van der Waals surface area contributed by atoms with Crippen LogP contribution in [0.25, 0.3) is 0 Å². The quantitative estimate of drug-likeness (QED) is 0.248. The number of hydrogen-bond donors (Lipinski definition) is 2. The Morgan fingerprint density at radius 1 is 0.906 bits per heavy atom. The van der Waals surface area contributed by atoms with Crippen LogP contribution in [0.2, 0.25) is 5.02 Å². The topological polar surface area (TPSA) is 96.9 Å². The molecule has 0 aliphatic rings. The maximum Gasteiger partial charge on any atom is 0.343 e. The van der Waals surface area contributed by atoms with Crippen molar-refractivity contribution in [2.24, 2.45) is 5.10 Å². The zero-order valence-corrected chi connectivity index (χ0v) is 17.9. The summed E-state index contributed by atoms with van der Waals surface area (Å²) in [6, 6.07) is 20.0. The number of nitrogens with one attached hydrogen (secondary N) is 2. The van der Waals surface area contributed by atoms with Crippen molar-refractivity contribution in [2.75, 3.05) is 6.54 Å². The Kier molecular flexibility index (Phi) is 7.72. The summed E-state index contributed by atoms with van der Waals surface area (Å²) in [5.74, 6) is -0.934. The van der Waals surface area contributed by atoms with E-state index in [1.807, 2.05) is 19.1 Å². The molecule has 0 aliphatic carbocycles. The van der Waals surface area contributed by atoms with Crippen molar-refractivity contribution in [3.63, 3.8) is 0 Å². The number of nitrogens with zero attached hydrogens (tertiary/aromatic N) is 1. The molecule has 3 aromatic rings. The molecule has 0 fully saturated rings. The lowest BCUT2D eigenvalue weighted by Crippen LogP contribution is -2.34. The largest absolute Gasteiger partial charge is 0.423 e. The van der Waals surface area contributed by atoms with E-state index >= 15 is 0 Å². The fraction of sp³-hybridized carbons (Fsp3) is 0.0833. The smallest absolute Gasteiger partial charge is 0.343 e. The Labute approximate surface area is 190 Å². The van der Waals surface area contributed by atoms with E-state index in [1.54, 1.807) is 60.7 Å². The molecule has 2 N–H and O–H groups in total. The summed E-state index contributed by atoms with van der Waals surface area (Å²) in [5, 5.41) is 6.92. The summed E-state index contributed by atoms with van der Waals surface area (Å²) in [5.41, 5.74) is 4.93. The summed E-state index contributed by atoms with van der Waals surface area (Å²) >= 11 is 5.81. The minimum absolute atomic E-state index is 0.205. The van der Waals surface area contributed by atoms with Gasteiger partial charge in [-0.3, -0.25) is 9.59 Å². The Hall–Kier alpha value is -3.97. The van der Waals surface area contributed by atoms with Gasteiger partial charge < -0.3 is 10.1 Å². The van der Waals surface area contributed by atoms with Crippen LogP contribution in [-0.2, 0) is 4.79 Å². The molecular weight excluding hydrogens is 430 g/mol. The van der Waals surface area contributed by atoms with Gasteiger partial charge in [0, 0.05) is 10.6 Å². The van der Waals surface area contributed by atoms with Gasteiger partial charge in [0.1, 0.15) is 5.75 Å². The van der Waals surface area contributed by atoms with E-state index in [4.69, 9.17) is 16.3 Å². The van der Waals surface area contributed by atoms with Gasteiger partial charge in [-0.05, 0) is 73.2 Å². The summed E-state index contributed by atoms with van der Waals surface area (Å²) in [7, 11) is 0.